The molecular weight excluding hydrogens is 246 g/mol. The second-order valence-electron chi connectivity index (χ2n) is 4.35. The van der Waals surface area contributed by atoms with Gasteiger partial charge in [-0.3, -0.25) is 0 Å². The van der Waals surface area contributed by atoms with Gasteiger partial charge in [-0.15, -0.1) is 0 Å². The van der Waals surface area contributed by atoms with Gasteiger partial charge in [-0.05, 0) is 38.1 Å². The fourth-order valence-electron chi connectivity index (χ4n) is 1.87. The molecule has 0 fully saturated rings. The summed E-state index contributed by atoms with van der Waals surface area (Å²) in [4.78, 5) is 4.30. The highest BCUT2D eigenvalue weighted by atomic mass is 35.5. The number of benzene rings is 1. The highest BCUT2D eigenvalue weighted by Crippen LogP contribution is 2.24. The van der Waals surface area contributed by atoms with Crippen molar-refractivity contribution in [3.05, 3.63) is 46.5 Å². The number of nitrogens with zero attached hydrogens (tertiary/aromatic N) is 2. The van der Waals surface area contributed by atoms with Crippen LogP contribution in [0.25, 0.3) is 5.69 Å². The summed E-state index contributed by atoms with van der Waals surface area (Å²) in [6, 6.07) is 6.15. The minimum Gasteiger partial charge on any atom is -0.313 e. The Hall–Kier alpha value is -1.32. The summed E-state index contributed by atoms with van der Waals surface area (Å²) in [7, 11) is 0. The molecule has 0 aliphatic rings. The van der Waals surface area contributed by atoms with Crippen LogP contribution in [0.1, 0.15) is 23.9 Å². The number of aryl methyl sites for hydroxylation is 1. The molecule has 0 unspecified atom stereocenters. The SMILES string of the molecule is CCNCc1ccc(-n2cnc(C)c2C)c(Cl)c1. The third kappa shape index (κ3) is 2.57. The zero-order valence-corrected chi connectivity index (χ0v) is 11.8. The Kier molecular flexibility index (Phi) is 4.04. The molecule has 0 radical (unpaired) electrons. The number of nitrogens with one attached hydrogen (secondary N) is 1. The fourth-order valence-corrected chi connectivity index (χ4v) is 2.16. The Morgan fingerprint density at radius 2 is 2.11 bits per heavy atom. The molecule has 0 aliphatic carbocycles. The van der Waals surface area contributed by atoms with E-state index in [4.69, 9.17) is 11.6 Å². The standard InChI is InChI=1S/C14H18ClN3/c1-4-16-8-12-5-6-14(13(15)7-12)18-9-17-10(2)11(18)3/h5-7,9,16H,4,8H2,1-3H3. The van der Waals surface area contributed by atoms with Crippen molar-refractivity contribution >= 4 is 11.6 Å². The third-order valence-electron chi connectivity index (χ3n) is 3.10. The van der Waals surface area contributed by atoms with Gasteiger partial charge in [0.15, 0.2) is 0 Å². The van der Waals surface area contributed by atoms with Crippen LogP contribution in [-0.4, -0.2) is 16.1 Å². The van der Waals surface area contributed by atoms with Gasteiger partial charge in [0.1, 0.15) is 0 Å². The zero-order valence-electron chi connectivity index (χ0n) is 11.0. The first-order valence-corrected chi connectivity index (χ1v) is 6.51. The van der Waals surface area contributed by atoms with Crippen molar-refractivity contribution < 1.29 is 0 Å². The maximum atomic E-state index is 6.35. The molecule has 4 heteroatoms. The number of hydrogen-bond donors (Lipinski definition) is 1. The topological polar surface area (TPSA) is 29.9 Å². The van der Waals surface area contributed by atoms with Crippen LogP contribution >= 0.6 is 11.6 Å². The van der Waals surface area contributed by atoms with E-state index in [9.17, 15) is 0 Å². The summed E-state index contributed by atoms with van der Waals surface area (Å²) in [5.41, 5.74) is 4.33. The number of aromatic nitrogens is 2. The Labute approximate surface area is 113 Å². The highest BCUT2D eigenvalue weighted by molar-refractivity contribution is 6.32. The van der Waals surface area contributed by atoms with Gasteiger partial charge in [-0.2, -0.15) is 0 Å². The average Bonchev–Trinajstić information content (AvgIpc) is 2.68. The largest absolute Gasteiger partial charge is 0.313 e. The molecule has 96 valence electrons. The van der Waals surface area contributed by atoms with E-state index in [1.54, 1.807) is 0 Å². The maximum Gasteiger partial charge on any atom is 0.0997 e. The van der Waals surface area contributed by atoms with E-state index in [1.165, 1.54) is 5.56 Å². The van der Waals surface area contributed by atoms with Gasteiger partial charge in [0.2, 0.25) is 0 Å². The third-order valence-corrected chi connectivity index (χ3v) is 3.41. The summed E-state index contributed by atoms with van der Waals surface area (Å²) in [6.45, 7) is 7.94. The Balaban J connectivity index is 2.32. The monoisotopic (exact) mass is 263 g/mol. The van der Waals surface area contributed by atoms with Crippen LogP contribution in [0.3, 0.4) is 0 Å². The van der Waals surface area contributed by atoms with Crippen LogP contribution in [-0.2, 0) is 6.54 Å². The van der Waals surface area contributed by atoms with Crippen LogP contribution in [0.2, 0.25) is 5.02 Å². The van der Waals surface area contributed by atoms with E-state index in [2.05, 4.69) is 23.3 Å². The smallest absolute Gasteiger partial charge is 0.0997 e. The molecule has 1 N–H and O–H groups in total. The Morgan fingerprint density at radius 3 is 2.67 bits per heavy atom. The Bertz CT molecular complexity index is 546. The van der Waals surface area contributed by atoms with Crippen LogP contribution in [0, 0.1) is 13.8 Å². The molecule has 0 atom stereocenters. The van der Waals surface area contributed by atoms with Gasteiger partial charge in [-0.1, -0.05) is 24.6 Å². The van der Waals surface area contributed by atoms with Crippen molar-refractivity contribution in [1.29, 1.82) is 0 Å². The number of imidazole rings is 1. The quantitative estimate of drug-likeness (QED) is 0.918. The summed E-state index contributed by atoms with van der Waals surface area (Å²) < 4.78 is 2.02. The maximum absolute atomic E-state index is 6.35. The molecule has 0 amide bonds. The molecule has 3 nitrogen and oxygen atoms in total. The van der Waals surface area contributed by atoms with Gasteiger partial charge in [-0.25, -0.2) is 4.98 Å². The zero-order chi connectivity index (χ0) is 13.1. The molecule has 0 bridgehead atoms. The van der Waals surface area contributed by atoms with Crippen molar-refractivity contribution in [1.82, 2.24) is 14.9 Å². The van der Waals surface area contributed by atoms with Crippen molar-refractivity contribution in [2.45, 2.75) is 27.3 Å². The first-order valence-electron chi connectivity index (χ1n) is 6.13. The Morgan fingerprint density at radius 1 is 1.33 bits per heavy atom. The lowest BCUT2D eigenvalue weighted by Gasteiger charge is -2.10. The summed E-state index contributed by atoms with van der Waals surface area (Å²) in [5, 5.41) is 4.04. The molecule has 1 aromatic heterocycles. The molecule has 2 aromatic rings. The lowest BCUT2D eigenvalue weighted by Crippen LogP contribution is -2.11. The molecule has 1 heterocycles. The number of halogens is 1. The van der Waals surface area contributed by atoms with Crippen molar-refractivity contribution in [2.75, 3.05) is 6.54 Å². The molecule has 0 spiro atoms. The van der Waals surface area contributed by atoms with E-state index in [0.717, 1.165) is 35.2 Å². The lowest BCUT2D eigenvalue weighted by molar-refractivity contribution is 0.726. The normalized spacial score (nSPS) is 10.9. The van der Waals surface area contributed by atoms with Crippen molar-refractivity contribution in [3.63, 3.8) is 0 Å². The van der Waals surface area contributed by atoms with Crippen LogP contribution < -0.4 is 5.32 Å². The fraction of sp³-hybridized carbons (Fsp3) is 0.357. The second-order valence-corrected chi connectivity index (χ2v) is 4.76. The highest BCUT2D eigenvalue weighted by Gasteiger charge is 2.08. The van der Waals surface area contributed by atoms with Gasteiger partial charge in [0, 0.05) is 12.2 Å². The first-order chi connectivity index (χ1) is 8.63. The molecule has 0 aliphatic heterocycles. The second kappa shape index (κ2) is 5.55. The van der Waals surface area contributed by atoms with E-state index >= 15 is 0 Å². The molecule has 1 aromatic carbocycles. The molecule has 0 saturated carbocycles. The molecular formula is C14H18ClN3. The minimum atomic E-state index is 0.755. The van der Waals surface area contributed by atoms with E-state index in [1.807, 2.05) is 36.9 Å². The van der Waals surface area contributed by atoms with Gasteiger partial charge < -0.3 is 9.88 Å². The number of rotatable bonds is 4. The average molecular weight is 264 g/mol. The van der Waals surface area contributed by atoms with E-state index in [0.29, 0.717) is 0 Å². The predicted octanol–water partition coefficient (Wildman–Crippen LogP) is 3.25. The van der Waals surface area contributed by atoms with Crippen LogP contribution in [0.15, 0.2) is 24.5 Å². The molecule has 18 heavy (non-hydrogen) atoms. The van der Waals surface area contributed by atoms with Crippen molar-refractivity contribution in [3.8, 4) is 5.69 Å². The molecule has 0 saturated heterocycles. The van der Waals surface area contributed by atoms with E-state index < -0.39 is 0 Å². The predicted molar refractivity (Wildman–Crippen MR) is 75.4 cm³/mol. The van der Waals surface area contributed by atoms with Gasteiger partial charge in [0.05, 0.1) is 22.7 Å². The van der Waals surface area contributed by atoms with Crippen LogP contribution in [0.5, 0.6) is 0 Å². The summed E-state index contributed by atoms with van der Waals surface area (Å²) in [6.07, 6.45) is 1.82. The van der Waals surface area contributed by atoms with E-state index in [-0.39, 0.29) is 0 Å². The lowest BCUT2D eigenvalue weighted by atomic mass is 10.2. The van der Waals surface area contributed by atoms with Gasteiger partial charge in [0.25, 0.3) is 0 Å². The summed E-state index contributed by atoms with van der Waals surface area (Å²) >= 11 is 6.35. The summed E-state index contributed by atoms with van der Waals surface area (Å²) in [5.74, 6) is 0. The van der Waals surface area contributed by atoms with Gasteiger partial charge >= 0.3 is 0 Å². The van der Waals surface area contributed by atoms with Crippen LogP contribution in [0.4, 0.5) is 0 Å². The first kappa shape index (κ1) is 13.1. The minimum absolute atomic E-state index is 0.755. The van der Waals surface area contributed by atoms with Crippen molar-refractivity contribution in [2.24, 2.45) is 0 Å². The molecule has 2 rings (SSSR count). The number of hydrogen-bond acceptors (Lipinski definition) is 2.